The Bertz CT molecular complexity index is 261. The fraction of sp³-hybridized carbons (Fsp3) is 0.250. The molecule has 0 bridgehead atoms. The number of methoxy groups -OCH3 is 1. The van der Waals surface area contributed by atoms with Crippen molar-refractivity contribution in [2.75, 3.05) is 7.11 Å². The van der Waals surface area contributed by atoms with Crippen LogP contribution in [-0.2, 0) is 6.54 Å². The fourth-order valence-corrected chi connectivity index (χ4v) is 1.15. The Balaban J connectivity index is 3.16. The molecule has 12 heavy (non-hydrogen) atoms. The number of halogens is 2. The maximum absolute atomic E-state index is 13.0. The zero-order valence-corrected chi connectivity index (χ0v) is 7.36. The summed E-state index contributed by atoms with van der Waals surface area (Å²) in [4.78, 5) is 0. The first-order valence-electron chi connectivity index (χ1n) is 3.41. The van der Waals surface area contributed by atoms with Crippen molar-refractivity contribution in [1.29, 1.82) is 0 Å². The van der Waals surface area contributed by atoms with E-state index in [1.54, 1.807) is 0 Å². The third-order valence-corrected chi connectivity index (χ3v) is 1.84. The molecule has 0 saturated heterocycles. The van der Waals surface area contributed by atoms with Crippen molar-refractivity contribution in [3.8, 4) is 5.75 Å². The SMILES string of the molecule is COc1cc(F)c(CN)cc1Cl. The average molecular weight is 190 g/mol. The fourth-order valence-electron chi connectivity index (χ4n) is 0.883. The third kappa shape index (κ3) is 1.68. The van der Waals surface area contributed by atoms with Crippen molar-refractivity contribution in [2.45, 2.75) is 6.54 Å². The molecule has 0 aliphatic rings. The summed E-state index contributed by atoms with van der Waals surface area (Å²) in [6, 6.07) is 2.69. The number of ether oxygens (including phenoxy) is 1. The molecule has 0 aliphatic carbocycles. The predicted octanol–water partition coefficient (Wildman–Crippen LogP) is 1.95. The number of rotatable bonds is 2. The van der Waals surface area contributed by atoms with Gasteiger partial charge in [-0.25, -0.2) is 4.39 Å². The molecule has 4 heteroatoms. The van der Waals surface area contributed by atoms with Crippen molar-refractivity contribution in [3.63, 3.8) is 0 Å². The van der Waals surface area contributed by atoms with Crippen LogP contribution in [0.3, 0.4) is 0 Å². The van der Waals surface area contributed by atoms with E-state index in [2.05, 4.69) is 0 Å². The van der Waals surface area contributed by atoms with E-state index in [9.17, 15) is 4.39 Å². The van der Waals surface area contributed by atoms with Crippen LogP contribution in [0.15, 0.2) is 12.1 Å². The van der Waals surface area contributed by atoms with Gasteiger partial charge in [0.05, 0.1) is 12.1 Å². The molecule has 0 saturated carbocycles. The van der Waals surface area contributed by atoms with Gasteiger partial charge in [-0.3, -0.25) is 0 Å². The monoisotopic (exact) mass is 189 g/mol. The molecule has 2 nitrogen and oxygen atoms in total. The molecule has 0 amide bonds. The van der Waals surface area contributed by atoms with Crippen LogP contribution in [0.2, 0.25) is 5.02 Å². The van der Waals surface area contributed by atoms with Crippen LogP contribution in [0.25, 0.3) is 0 Å². The molecule has 0 fully saturated rings. The molecule has 0 heterocycles. The second-order valence-corrected chi connectivity index (χ2v) is 2.69. The van der Waals surface area contributed by atoms with E-state index in [0.717, 1.165) is 0 Å². The van der Waals surface area contributed by atoms with E-state index in [1.807, 2.05) is 0 Å². The minimum absolute atomic E-state index is 0.134. The second kappa shape index (κ2) is 3.74. The van der Waals surface area contributed by atoms with Gasteiger partial charge in [0, 0.05) is 18.2 Å². The molecule has 1 aromatic carbocycles. The molecule has 0 aliphatic heterocycles. The Morgan fingerprint density at radius 1 is 1.58 bits per heavy atom. The van der Waals surface area contributed by atoms with Crippen molar-refractivity contribution in [3.05, 3.63) is 28.5 Å². The first-order chi connectivity index (χ1) is 5.69. The molecule has 0 spiro atoms. The largest absolute Gasteiger partial charge is 0.495 e. The highest BCUT2D eigenvalue weighted by atomic mass is 35.5. The van der Waals surface area contributed by atoms with Crippen molar-refractivity contribution in [2.24, 2.45) is 5.73 Å². The Hall–Kier alpha value is -0.800. The number of hydrogen-bond donors (Lipinski definition) is 1. The molecule has 0 radical (unpaired) electrons. The van der Waals surface area contributed by atoms with E-state index in [-0.39, 0.29) is 6.54 Å². The molecule has 1 rings (SSSR count). The normalized spacial score (nSPS) is 10.0. The lowest BCUT2D eigenvalue weighted by atomic mass is 10.2. The van der Waals surface area contributed by atoms with Crippen LogP contribution in [-0.4, -0.2) is 7.11 Å². The predicted molar refractivity (Wildman–Crippen MR) is 45.9 cm³/mol. The summed E-state index contributed by atoms with van der Waals surface area (Å²) in [6.45, 7) is 0.134. The Kier molecular flexibility index (Phi) is 2.89. The molecule has 1 aromatic rings. The summed E-state index contributed by atoms with van der Waals surface area (Å²) in [7, 11) is 1.43. The van der Waals surface area contributed by atoms with E-state index in [4.69, 9.17) is 22.1 Å². The summed E-state index contributed by atoms with van der Waals surface area (Å²) in [5.74, 6) is -0.0647. The number of benzene rings is 1. The summed E-state index contributed by atoms with van der Waals surface area (Å²) in [6.07, 6.45) is 0. The highest BCUT2D eigenvalue weighted by molar-refractivity contribution is 6.32. The van der Waals surface area contributed by atoms with Crippen LogP contribution < -0.4 is 10.5 Å². The molecule has 0 unspecified atom stereocenters. The van der Waals surface area contributed by atoms with Gasteiger partial charge < -0.3 is 10.5 Å². The minimum atomic E-state index is -0.390. The summed E-state index contributed by atoms with van der Waals surface area (Å²) < 4.78 is 17.8. The summed E-state index contributed by atoms with van der Waals surface area (Å²) in [5.41, 5.74) is 5.66. The maximum Gasteiger partial charge on any atom is 0.140 e. The van der Waals surface area contributed by atoms with E-state index in [0.29, 0.717) is 16.3 Å². The minimum Gasteiger partial charge on any atom is -0.495 e. The van der Waals surface area contributed by atoms with Gasteiger partial charge in [-0.05, 0) is 6.07 Å². The Labute approximate surface area is 75.1 Å². The first-order valence-corrected chi connectivity index (χ1v) is 3.78. The van der Waals surface area contributed by atoms with Gasteiger partial charge in [0.1, 0.15) is 11.6 Å². The lowest BCUT2D eigenvalue weighted by Gasteiger charge is -2.05. The number of hydrogen-bond acceptors (Lipinski definition) is 2. The van der Waals surface area contributed by atoms with Crippen LogP contribution in [0.5, 0.6) is 5.75 Å². The van der Waals surface area contributed by atoms with Crippen LogP contribution in [0.1, 0.15) is 5.56 Å². The molecule has 0 aromatic heterocycles. The van der Waals surface area contributed by atoms with Gasteiger partial charge in [-0.15, -0.1) is 0 Å². The molecular weight excluding hydrogens is 181 g/mol. The van der Waals surface area contributed by atoms with Gasteiger partial charge in [0.25, 0.3) is 0 Å². The maximum atomic E-state index is 13.0. The smallest absolute Gasteiger partial charge is 0.140 e. The Morgan fingerprint density at radius 3 is 2.75 bits per heavy atom. The van der Waals surface area contributed by atoms with Crippen molar-refractivity contribution < 1.29 is 9.13 Å². The van der Waals surface area contributed by atoms with Gasteiger partial charge in [-0.1, -0.05) is 11.6 Å². The highest BCUT2D eigenvalue weighted by Gasteiger charge is 2.06. The molecular formula is C8H9ClFNO. The Morgan fingerprint density at radius 2 is 2.25 bits per heavy atom. The van der Waals surface area contributed by atoms with Gasteiger partial charge in [-0.2, -0.15) is 0 Å². The van der Waals surface area contributed by atoms with Gasteiger partial charge in [0.15, 0.2) is 0 Å². The average Bonchev–Trinajstić information content (AvgIpc) is 2.08. The molecule has 0 atom stereocenters. The molecule has 66 valence electrons. The topological polar surface area (TPSA) is 35.2 Å². The summed E-state index contributed by atoms with van der Waals surface area (Å²) >= 11 is 5.73. The van der Waals surface area contributed by atoms with Crippen LogP contribution >= 0.6 is 11.6 Å². The van der Waals surface area contributed by atoms with Crippen LogP contribution in [0, 0.1) is 5.82 Å². The quantitative estimate of drug-likeness (QED) is 0.772. The van der Waals surface area contributed by atoms with Crippen LogP contribution in [0.4, 0.5) is 4.39 Å². The number of nitrogens with two attached hydrogens (primary N) is 1. The standard InChI is InChI=1S/C8H9ClFNO/c1-12-8-3-7(10)5(4-11)2-6(8)9/h2-3H,4,11H2,1H3. The first kappa shape index (κ1) is 9.29. The highest BCUT2D eigenvalue weighted by Crippen LogP contribution is 2.26. The van der Waals surface area contributed by atoms with E-state index < -0.39 is 5.82 Å². The zero-order chi connectivity index (χ0) is 9.14. The molecule has 2 N–H and O–H groups in total. The van der Waals surface area contributed by atoms with E-state index >= 15 is 0 Å². The van der Waals surface area contributed by atoms with Crippen molar-refractivity contribution in [1.82, 2.24) is 0 Å². The van der Waals surface area contributed by atoms with Gasteiger partial charge >= 0.3 is 0 Å². The zero-order valence-electron chi connectivity index (χ0n) is 6.60. The van der Waals surface area contributed by atoms with Gasteiger partial charge in [0.2, 0.25) is 0 Å². The lowest BCUT2D eigenvalue weighted by molar-refractivity contribution is 0.411. The third-order valence-electron chi connectivity index (χ3n) is 1.54. The van der Waals surface area contributed by atoms with Crippen molar-refractivity contribution >= 4 is 11.6 Å². The lowest BCUT2D eigenvalue weighted by Crippen LogP contribution is -2.00. The summed E-state index contributed by atoms with van der Waals surface area (Å²) in [5, 5.41) is 0.374. The second-order valence-electron chi connectivity index (χ2n) is 2.28. The van der Waals surface area contributed by atoms with E-state index in [1.165, 1.54) is 19.2 Å².